The van der Waals surface area contributed by atoms with Crippen molar-refractivity contribution < 1.29 is 14.3 Å². The Bertz CT molecular complexity index is 443. The minimum atomic E-state index is -0.700. The number of amides is 1. The topological polar surface area (TPSA) is 81.4 Å². The Morgan fingerprint density at radius 1 is 1.42 bits per heavy atom. The fourth-order valence-electron chi connectivity index (χ4n) is 1.42. The van der Waals surface area contributed by atoms with Gasteiger partial charge in [-0.15, -0.1) is 0 Å². The first-order chi connectivity index (χ1) is 9.06. The number of hydrogen-bond acceptors (Lipinski definition) is 4. The Hall–Kier alpha value is -1.75. The van der Waals surface area contributed by atoms with Gasteiger partial charge in [0, 0.05) is 12.2 Å². The van der Waals surface area contributed by atoms with Gasteiger partial charge in [0.15, 0.2) is 6.61 Å². The Kier molecular flexibility index (Phi) is 6.15. The molecule has 0 aromatic heterocycles. The van der Waals surface area contributed by atoms with Crippen LogP contribution in [0.5, 0.6) is 0 Å². The molecule has 5 nitrogen and oxygen atoms in total. The molecule has 0 aliphatic carbocycles. The summed E-state index contributed by atoms with van der Waals surface area (Å²) in [7, 11) is 0. The van der Waals surface area contributed by atoms with E-state index in [2.05, 4.69) is 5.32 Å². The number of ether oxygens (including phenoxy) is 1. The number of esters is 1. The second kappa shape index (κ2) is 7.63. The molecule has 0 radical (unpaired) electrons. The molecule has 0 spiro atoms. The van der Waals surface area contributed by atoms with E-state index in [1.165, 1.54) is 6.07 Å². The standard InChI is InChI=1S/C13H17ClN2O3/c1-2-3-7-16-11(17)8-19-13(18)12-9(14)5-4-6-10(12)15/h4-6H,2-3,7-8,15H2,1H3,(H,16,17). The van der Waals surface area contributed by atoms with Crippen molar-refractivity contribution in [3.05, 3.63) is 28.8 Å². The van der Waals surface area contributed by atoms with Crippen molar-refractivity contribution in [1.82, 2.24) is 5.32 Å². The highest BCUT2D eigenvalue weighted by Gasteiger charge is 2.16. The zero-order chi connectivity index (χ0) is 14.3. The number of anilines is 1. The van der Waals surface area contributed by atoms with Crippen LogP contribution in [0.2, 0.25) is 5.02 Å². The number of carbonyl (C=O) groups excluding carboxylic acids is 2. The van der Waals surface area contributed by atoms with E-state index in [0.29, 0.717) is 6.54 Å². The minimum absolute atomic E-state index is 0.0884. The fourth-order valence-corrected chi connectivity index (χ4v) is 1.67. The summed E-state index contributed by atoms with van der Waals surface area (Å²) in [6, 6.07) is 4.71. The van der Waals surface area contributed by atoms with Gasteiger partial charge in [0.25, 0.3) is 5.91 Å². The molecule has 0 atom stereocenters. The first-order valence-electron chi connectivity index (χ1n) is 6.04. The molecule has 1 amide bonds. The number of nitrogens with one attached hydrogen (secondary N) is 1. The molecule has 6 heteroatoms. The zero-order valence-electron chi connectivity index (χ0n) is 10.7. The van der Waals surface area contributed by atoms with E-state index in [-0.39, 0.29) is 28.8 Å². The lowest BCUT2D eigenvalue weighted by Crippen LogP contribution is -2.29. The maximum absolute atomic E-state index is 11.8. The molecule has 1 aromatic carbocycles. The van der Waals surface area contributed by atoms with E-state index in [1.54, 1.807) is 12.1 Å². The highest BCUT2D eigenvalue weighted by molar-refractivity contribution is 6.34. The zero-order valence-corrected chi connectivity index (χ0v) is 11.5. The minimum Gasteiger partial charge on any atom is -0.452 e. The van der Waals surface area contributed by atoms with E-state index in [9.17, 15) is 9.59 Å². The number of benzene rings is 1. The van der Waals surface area contributed by atoms with Crippen molar-refractivity contribution in [3.63, 3.8) is 0 Å². The van der Waals surface area contributed by atoms with Crippen LogP contribution in [0.4, 0.5) is 5.69 Å². The second-order valence-corrected chi connectivity index (χ2v) is 4.39. The first kappa shape index (κ1) is 15.3. The molecule has 0 unspecified atom stereocenters. The molecular weight excluding hydrogens is 268 g/mol. The van der Waals surface area contributed by atoms with Gasteiger partial charge in [-0.3, -0.25) is 4.79 Å². The summed E-state index contributed by atoms with van der Waals surface area (Å²) >= 11 is 5.86. The maximum Gasteiger partial charge on any atom is 0.342 e. The highest BCUT2D eigenvalue weighted by Crippen LogP contribution is 2.22. The molecule has 0 saturated carbocycles. The van der Waals surface area contributed by atoms with Gasteiger partial charge in [0.05, 0.1) is 5.02 Å². The number of unbranched alkanes of at least 4 members (excludes halogenated alkanes) is 1. The summed E-state index contributed by atoms with van der Waals surface area (Å²) in [4.78, 5) is 23.1. The average Bonchev–Trinajstić information content (AvgIpc) is 2.36. The summed E-state index contributed by atoms with van der Waals surface area (Å²) in [5, 5.41) is 2.84. The summed E-state index contributed by atoms with van der Waals surface area (Å²) in [6.45, 7) is 2.25. The van der Waals surface area contributed by atoms with Crippen molar-refractivity contribution in [2.75, 3.05) is 18.9 Å². The summed E-state index contributed by atoms with van der Waals surface area (Å²) in [5.41, 5.74) is 5.96. The molecule has 104 valence electrons. The van der Waals surface area contributed by atoms with Crippen LogP contribution < -0.4 is 11.1 Å². The molecule has 0 saturated heterocycles. The van der Waals surface area contributed by atoms with Gasteiger partial charge in [-0.1, -0.05) is 31.0 Å². The summed E-state index contributed by atoms with van der Waals surface area (Å²) < 4.78 is 4.87. The normalized spacial score (nSPS) is 10.0. The van der Waals surface area contributed by atoms with Gasteiger partial charge in [0.1, 0.15) is 5.56 Å². The Labute approximate surface area is 117 Å². The Morgan fingerprint density at radius 2 is 2.16 bits per heavy atom. The van der Waals surface area contributed by atoms with E-state index < -0.39 is 5.97 Å². The molecule has 3 N–H and O–H groups in total. The molecule has 1 rings (SSSR count). The Balaban J connectivity index is 2.49. The van der Waals surface area contributed by atoms with Crippen LogP contribution in [-0.2, 0) is 9.53 Å². The monoisotopic (exact) mass is 284 g/mol. The molecular formula is C13H17ClN2O3. The molecule has 0 heterocycles. The van der Waals surface area contributed by atoms with Crippen LogP contribution in [-0.4, -0.2) is 25.0 Å². The van der Waals surface area contributed by atoms with Crippen molar-refractivity contribution >= 4 is 29.2 Å². The molecule has 0 fully saturated rings. The SMILES string of the molecule is CCCCNC(=O)COC(=O)c1c(N)cccc1Cl. The number of hydrogen-bond donors (Lipinski definition) is 2. The van der Waals surface area contributed by atoms with Crippen molar-refractivity contribution in [3.8, 4) is 0 Å². The van der Waals surface area contributed by atoms with Gasteiger partial charge in [-0.05, 0) is 18.6 Å². The number of nitrogen functional groups attached to an aromatic ring is 1. The van der Waals surface area contributed by atoms with Gasteiger partial charge in [-0.25, -0.2) is 4.79 Å². The van der Waals surface area contributed by atoms with E-state index in [0.717, 1.165) is 12.8 Å². The van der Waals surface area contributed by atoms with Gasteiger partial charge in [0.2, 0.25) is 0 Å². The highest BCUT2D eigenvalue weighted by atomic mass is 35.5. The molecule has 1 aromatic rings. The smallest absolute Gasteiger partial charge is 0.342 e. The van der Waals surface area contributed by atoms with E-state index in [4.69, 9.17) is 22.1 Å². The van der Waals surface area contributed by atoms with Crippen molar-refractivity contribution in [2.45, 2.75) is 19.8 Å². The van der Waals surface area contributed by atoms with Crippen LogP contribution in [0.15, 0.2) is 18.2 Å². The van der Waals surface area contributed by atoms with Crippen LogP contribution in [0.1, 0.15) is 30.1 Å². The van der Waals surface area contributed by atoms with Crippen LogP contribution in [0, 0.1) is 0 Å². The predicted octanol–water partition coefficient (Wildman–Crippen LogP) is 2.00. The number of carbonyl (C=O) groups is 2. The van der Waals surface area contributed by atoms with Gasteiger partial charge >= 0.3 is 5.97 Å². The average molecular weight is 285 g/mol. The van der Waals surface area contributed by atoms with Gasteiger partial charge < -0.3 is 15.8 Å². The third-order valence-corrected chi connectivity index (χ3v) is 2.75. The van der Waals surface area contributed by atoms with E-state index in [1.807, 2.05) is 6.92 Å². The first-order valence-corrected chi connectivity index (χ1v) is 6.41. The number of nitrogens with two attached hydrogens (primary N) is 1. The maximum atomic E-state index is 11.8. The molecule has 0 bridgehead atoms. The second-order valence-electron chi connectivity index (χ2n) is 3.98. The lowest BCUT2D eigenvalue weighted by molar-refractivity contribution is -0.124. The third kappa shape index (κ3) is 4.79. The van der Waals surface area contributed by atoms with Gasteiger partial charge in [-0.2, -0.15) is 0 Å². The summed E-state index contributed by atoms with van der Waals surface area (Å²) in [6.07, 6.45) is 1.87. The number of rotatable bonds is 6. The lowest BCUT2D eigenvalue weighted by Gasteiger charge is -2.08. The van der Waals surface area contributed by atoms with Crippen LogP contribution in [0.25, 0.3) is 0 Å². The Morgan fingerprint density at radius 3 is 2.79 bits per heavy atom. The third-order valence-electron chi connectivity index (χ3n) is 2.44. The quantitative estimate of drug-likeness (QED) is 0.475. The fraction of sp³-hybridized carbons (Fsp3) is 0.385. The van der Waals surface area contributed by atoms with Crippen molar-refractivity contribution in [1.29, 1.82) is 0 Å². The molecule has 0 aliphatic rings. The molecule has 19 heavy (non-hydrogen) atoms. The van der Waals surface area contributed by atoms with Crippen LogP contribution >= 0.6 is 11.6 Å². The van der Waals surface area contributed by atoms with E-state index >= 15 is 0 Å². The summed E-state index contributed by atoms with van der Waals surface area (Å²) in [5.74, 6) is -1.04. The number of halogens is 1. The van der Waals surface area contributed by atoms with Crippen LogP contribution in [0.3, 0.4) is 0 Å². The van der Waals surface area contributed by atoms with Crippen molar-refractivity contribution in [2.24, 2.45) is 0 Å². The lowest BCUT2D eigenvalue weighted by atomic mass is 10.2. The largest absolute Gasteiger partial charge is 0.452 e. The molecule has 0 aliphatic heterocycles. The predicted molar refractivity (Wildman–Crippen MR) is 74.1 cm³/mol.